The van der Waals surface area contributed by atoms with Gasteiger partial charge in [0.1, 0.15) is 12.2 Å². The second-order valence-electron chi connectivity index (χ2n) is 3.86. The van der Waals surface area contributed by atoms with Crippen molar-refractivity contribution < 1.29 is 8.78 Å². The summed E-state index contributed by atoms with van der Waals surface area (Å²) in [5, 5.41) is 7.22. The van der Waals surface area contributed by atoms with E-state index in [1.54, 1.807) is 13.1 Å². The number of rotatable bonds is 3. The predicted octanol–water partition coefficient (Wildman–Crippen LogP) is 1.73. The van der Waals surface area contributed by atoms with Crippen molar-refractivity contribution in [3.63, 3.8) is 0 Å². The quantitative estimate of drug-likeness (QED) is 0.828. The topological polar surface area (TPSA) is 56.7 Å². The van der Waals surface area contributed by atoms with Gasteiger partial charge in [-0.2, -0.15) is 0 Å². The van der Waals surface area contributed by atoms with E-state index in [0.717, 1.165) is 0 Å². The van der Waals surface area contributed by atoms with Crippen LogP contribution >= 0.6 is 0 Å². The van der Waals surface area contributed by atoms with E-state index in [9.17, 15) is 8.78 Å². The fraction of sp³-hybridized carbons (Fsp3) is 0.273. The van der Waals surface area contributed by atoms with Crippen LogP contribution in [0.25, 0.3) is 0 Å². The summed E-state index contributed by atoms with van der Waals surface area (Å²) in [7, 11) is 1.63. The van der Waals surface area contributed by atoms with Gasteiger partial charge in [0.25, 0.3) is 5.92 Å². The van der Waals surface area contributed by atoms with Crippen molar-refractivity contribution in [1.82, 2.24) is 14.8 Å². The van der Waals surface area contributed by atoms with Crippen molar-refractivity contribution in [1.29, 1.82) is 0 Å². The lowest BCUT2D eigenvalue weighted by atomic mass is 10.0. The lowest BCUT2D eigenvalue weighted by molar-refractivity contribution is -0.00644. The molecule has 90 valence electrons. The molecule has 0 atom stereocenters. The van der Waals surface area contributed by atoms with Gasteiger partial charge in [0.2, 0.25) is 0 Å². The van der Waals surface area contributed by atoms with Crippen molar-refractivity contribution in [2.75, 3.05) is 5.73 Å². The lowest BCUT2D eigenvalue weighted by Crippen LogP contribution is -2.19. The Balaban J connectivity index is 2.27. The number of aryl methyl sites for hydroxylation is 1. The van der Waals surface area contributed by atoms with Crippen molar-refractivity contribution >= 4 is 5.69 Å². The molecule has 2 aromatic rings. The molecule has 0 aliphatic carbocycles. The summed E-state index contributed by atoms with van der Waals surface area (Å²) in [5.74, 6) is -2.77. The number of anilines is 1. The van der Waals surface area contributed by atoms with Crippen molar-refractivity contribution in [3.8, 4) is 0 Å². The van der Waals surface area contributed by atoms with Crippen LogP contribution in [0, 0.1) is 0 Å². The van der Waals surface area contributed by atoms with E-state index in [1.807, 2.05) is 0 Å². The molecule has 17 heavy (non-hydrogen) atoms. The zero-order chi connectivity index (χ0) is 12.5. The summed E-state index contributed by atoms with van der Waals surface area (Å²) in [6.45, 7) is 0. The molecule has 0 unspecified atom stereocenters. The molecule has 0 spiro atoms. The number of benzene rings is 1. The molecule has 0 saturated heterocycles. The van der Waals surface area contributed by atoms with Crippen LogP contribution in [0.5, 0.6) is 0 Å². The van der Waals surface area contributed by atoms with Gasteiger partial charge in [-0.1, -0.05) is 12.1 Å². The van der Waals surface area contributed by atoms with Crippen molar-refractivity contribution in [2.45, 2.75) is 12.3 Å². The van der Waals surface area contributed by atoms with Crippen LogP contribution in [-0.2, 0) is 19.4 Å². The molecular weight excluding hydrogens is 226 g/mol. The minimum Gasteiger partial charge on any atom is -0.399 e. The highest BCUT2D eigenvalue weighted by molar-refractivity contribution is 5.42. The number of hydrogen-bond acceptors (Lipinski definition) is 3. The van der Waals surface area contributed by atoms with Crippen LogP contribution in [0.4, 0.5) is 14.5 Å². The molecule has 0 bridgehead atoms. The first-order valence-corrected chi connectivity index (χ1v) is 5.06. The lowest BCUT2D eigenvalue weighted by Gasteiger charge is -2.16. The molecule has 0 radical (unpaired) electrons. The van der Waals surface area contributed by atoms with Crippen LogP contribution in [0.1, 0.15) is 11.4 Å². The minimum atomic E-state index is -3.00. The van der Waals surface area contributed by atoms with Crippen LogP contribution < -0.4 is 5.73 Å². The Labute approximate surface area is 97.1 Å². The number of aromatic nitrogens is 3. The largest absolute Gasteiger partial charge is 0.399 e. The van der Waals surface area contributed by atoms with Crippen LogP contribution in [0.2, 0.25) is 0 Å². The molecule has 1 aromatic heterocycles. The first-order valence-electron chi connectivity index (χ1n) is 5.06. The second-order valence-corrected chi connectivity index (χ2v) is 3.86. The highest BCUT2D eigenvalue weighted by atomic mass is 19.3. The maximum atomic E-state index is 13.9. The highest BCUT2D eigenvalue weighted by Crippen LogP contribution is 2.32. The van der Waals surface area contributed by atoms with Crippen molar-refractivity contribution in [3.05, 3.63) is 42.0 Å². The SMILES string of the molecule is Cn1cnnc1CC(F)(F)c1cccc(N)c1. The van der Waals surface area contributed by atoms with Gasteiger partial charge in [0.05, 0.1) is 6.42 Å². The van der Waals surface area contributed by atoms with Gasteiger partial charge in [0, 0.05) is 18.3 Å². The molecule has 4 nitrogen and oxygen atoms in total. The Morgan fingerprint density at radius 1 is 1.41 bits per heavy atom. The predicted molar refractivity (Wildman–Crippen MR) is 59.5 cm³/mol. The summed E-state index contributed by atoms with van der Waals surface area (Å²) in [5.41, 5.74) is 5.70. The van der Waals surface area contributed by atoms with Gasteiger partial charge >= 0.3 is 0 Å². The third-order valence-electron chi connectivity index (χ3n) is 2.49. The van der Waals surface area contributed by atoms with E-state index >= 15 is 0 Å². The summed E-state index contributed by atoms with van der Waals surface area (Å²) >= 11 is 0. The number of alkyl halides is 2. The van der Waals surface area contributed by atoms with E-state index < -0.39 is 12.3 Å². The number of halogens is 2. The molecular formula is C11H12F2N4. The molecule has 0 fully saturated rings. The van der Waals surface area contributed by atoms with Gasteiger partial charge in [-0.3, -0.25) is 0 Å². The number of nitrogens with zero attached hydrogens (tertiary/aromatic N) is 3. The van der Waals surface area contributed by atoms with E-state index in [-0.39, 0.29) is 11.4 Å². The third-order valence-corrected chi connectivity index (χ3v) is 2.49. The van der Waals surface area contributed by atoms with E-state index in [1.165, 1.54) is 29.1 Å². The van der Waals surface area contributed by atoms with E-state index in [2.05, 4.69) is 10.2 Å². The highest BCUT2D eigenvalue weighted by Gasteiger charge is 2.33. The Hall–Kier alpha value is -1.98. The minimum absolute atomic E-state index is 0.111. The molecule has 0 aliphatic heterocycles. The van der Waals surface area contributed by atoms with Crippen molar-refractivity contribution in [2.24, 2.45) is 7.05 Å². The molecule has 6 heteroatoms. The maximum Gasteiger partial charge on any atom is 0.280 e. The van der Waals surface area contributed by atoms with Gasteiger partial charge in [0.15, 0.2) is 0 Å². The molecule has 0 aliphatic rings. The van der Waals surface area contributed by atoms with E-state index in [0.29, 0.717) is 5.69 Å². The summed E-state index contributed by atoms with van der Waals surface area (Å²) in [6.07, 6.45) is 0.901. The summed E-state index contributed by atoms with van der Waals surface area (Å²) in [6, 6.07) is 5.71. The summed E-state index contributed by atoms with van der Waals surface area (Å²) in [4.78, 5) is 0. The standard InChI is InChI=1S/C11H12F2N4/c1-17-7-15-16-10(17)6-11(12,13)8-3-2-4-9(14)5-8/h2-5,7H,6,14H2,1H3. The summed E-state index contributed by atoms with van der Waals surface area (Å²) < 4.78 is 29.4. The normalized spacial score (nSPS) is 11.7. The molecule has 1 aromatic carbocycles. The monoisotopic (exact) mass is 238 g/mol. The third kappa shape index (κ3) is 2.41. The Morgan fingerprint density at radius 2 is 2.18 bits per heavy atom. The van der Waals surface area contributed by atoms with E-state index in [4.69, 9.17) is 5.73 Å². The first kappa shape index (κ1) is 11.5. The molecule has 0 saturated carbocycles. The second kappa shape index (κ2) is 4.12. The Bertz CT molecular complexity index is 522. The Kier molecular flexibility index (Phi) is 2.79. The van der Waals surface area contributed by atoms with Gasteiger partial charge in [-0.25, -0.2) is 8.78 Å². The number of nitrogen functional groups attached to an aromatic ring is 1. The van der Waals surface area contributed by atoms with Gasteiger partial charge < -0.3 is 10.3 Å². The van der Waals surface area contributed by atoms with Crippen LogP contribution in [0.15, 0.2) is 30.6 Å². The molecule has 2 N–H and O–H groups in total. The number of nitrogens with two attached hydrogens (primary N) is 1. The zero-order valence-corrected chi connectivity index (χ0v) is 9.27. The molecule has 1 heterocycles. The zero-order valence-electron chi connectivity index (χ0n) is 9.27. The average molecular weight is 238 g/mol. The molecule has 2 rings (SSSR count). The van der Waals surface area contributed by atoms with Crippen LogP contribution in [0.3, 0.4) is 0 Å². The van der Waals surface area contributed by atoms with Gasteiger partial charge in [-0.05, 0) is 12.1 Å². The number of hydrogen-bond donors (Lipinski definition) is 1. The molecule has 0 amide bonds. The van der Waals surface area contributed by atoms with Crippen LogP contribution in [-0.4, -0.2) is 14.8 Å². The smallest absolute Gasteiger partial charge is 0.280 e. The fourth-order valence-corrected chi connectivity index (χ4v) is 1.53. The average Bonchev–Trinajstić information content (AvgIpc) is 2.64. The first-order chi connectivity index (χ1) is 7.99. The Morgan fingerprint density at radius 3 is 2.76 bits per heavy atom. The fourth-order valence-electron chi connectivity index (χ4n) is 1.53. The maximum absolute atomic E-state index is 13.9. The van der Waals surface area contributed by atoms with Gasteiger partial charge in [-0.15, -0.1) is 10.2 Å².